The summed E-state index contributed by atoms with van der Waals surface area (Å²) in [7, 11) is 0. The molecule has 1 aromatic carbocycles. The number of nitrogens with two attached hydrogens (primary N) is 1. The molecular weight excluding hydrogens is 284 g/mol. The van der Waals surface area contributed by atoms with Gasteiger partial charge in [-0.05, 0) is 32.3 Å². The molecule has 1 aromatic heterocycles. The minimum absolute atomic E-state index is 0.0863. The molecule has 22 heavy (non-hydrogen) atoms. The van der Waals surface area contributed by atoms with Crippen molar-refractivity contribution >= 4 is 28.4 Å². The van der Waals surface area contributed by atoms with Gasteiger partial charge in [0.1, 0.15) is 11.4 Å². The van der Waals surface area contributed by atoms with E-state index in [4.69, 9.17) is 15.3 Å². The van der Waals surface area contributed by atoms with Crippen molar-refractivity contribution in [3.8, 4) is 0 Å². The minimum Gasteiger partial charge on any atom is -0.398 e. The van der Waals surface area contributed by atoms with Crippen molar-refractivity contribution in [2.45, 2.75) is 32.1 Å². The van der Waals surface area contributed by atoms with Crippen molar-refractivity contribution in [3.05, 3.63) is 34.4 Å². The molecule has 0 aliphatic carbocycles. The SMILES string of the molecule is [2H]C([2H])([2H])c1nc2cccc(N)c2c(=O)n1[C@]1(C)C(=O)NC(=O)C([2H])([2H])C1([2H])[2H]. The Balaban J connectivity index is 2.56. The molecule has 1 aliphatic heterocycles. The van der Waals surface area contributed by atoms with Crippen molar-refractivity contribution in [1.82, 2.24) is 14.9 Å². The van der Waals surface area contributed by atoms with Crippen LogP contribution in [0, 0.1) is 6.85 Å². The van der Waals surface area contributed by atoms with Gasteiger partial charge < -0.3 is 5.73 Å². The van der Waals surface area contributed by atoms with Crippen LogP contribution in [0.1, 0.15) is 35.1 Å². The first kappa shape index (κ1) is 8.07. The van der Waals surface area contributed by atoms with Crippen LogP contribution in [0.15, 0.2) is 23.0 Å². The molecule has 114 valence electrons. The summed E-state index contributed by atoms with van der Waals surface area (Å²) in [4.78, 5) is 41.9. The number of amides is 2. The van der Waals surface area contributed by atoms with E-state index in [9.17, 15) is 14.4 Å². The Bertz CT molecular complexity index is 1130. The Morgan fingerprint density at radius 3 is 2.95 bits per heavy atom. The van der Waals surface area contributed by atoms with Crippen molar-refractivity contribution in [1.29, 1.82) is 0 Å². The number of carbonyl (C=O) groups is 2. The lowest BCUT2D eigenvalue weighted by Gasteiger charge is -2.34. The van der Waals surface area contributed by atoms with Crippen LogP contribution >= 0.6 is 0 Å². The van der Waals surface area contributed by atoms with Crippen LogP contribution in [0.5, 0.6) is 0 Å². The number of benzene rings is 1. The molecule has 0 spiro atoms. The van der Waals surface area contributed by atoms with Crippen molar-refractivity contribution in [3.63, 3.8) is 0 Å². The third-order valence-electron chi connectivity index (χ3n) is 3.47. The number of imide groups is 1. The quantitative estimate of drug-likeness (QED) is 0.587. The number of nitrogens with one attached hydrogen (secondary N) is 1. The number of carbonyl (C=O) groups excluding carboxylic acids is 2. The largest absolute Gasteiger partial charge is 0.398 e. The Morgan fingerprint density at radius 2 is 2.23 bits per heavy atom. The molecule has 0 saturated carbocycles. The van der Waals surface area contributed by atoms with E-state index in [1.54, 1.807) is 5.32 Å². The zero-order valence-electron chi connectivity index (χ0n) is 18.4. The maximum Gasteiger partial charge on any atom is 0.264 e. The summed E-state index contributed by atoms with van der Waals surface area (Å²) >= 11 is 0. The predicted molar refractivity (Wildman–Crippen MR) is 81.2 cm³/mol. The molecule has 7 nitrogen and oxygen atoms in total. The molecular formula is C15H16N4O3. The normalized spacial score (nSPS) is 31.8. The third-order valence-corrected chi connectivity index (χ3v) is 3.47. The van der Waals surface area contributed by atoms with Gasteiger partial charge in [-0.1, -0.05) is 6.07 Å². The molecule has 1 aliphatic rings. The summed E-state index contributed by atoms with van der Waals surface area (Å²) in [6.45, 7) is -2.23. The molecule has 0 bridgehead atoms. The zero-order chi connectivity index (χ0) is 22.2. The van der Waals surface area contributed by atoms with Gasteiger partial charge in [-0.25, -0.2) is 4.98 Å². The van der Waals surface area contributed by atoms with Crippen molar-refractivity contribution in [2.24, 2.45) is 0 Å². The highest BCUT2D eigenvalue weighted by Crippen LogP contribution is 2.27. The van der Waals surface area contributed by atoms with Gasteiger partial charge in [0.25, 0.3) is 11.5 Å². The number of hydrogen-bond donors (Lipinski definition) is 2. The molecule has 7 heteroatoms. The second-order valence-electron chi connectivity index (χ2n) is 4.92. The summed E-state index contributed by atoms with van der Waals surface area (Å²) < 4.78 is 55.7. The topological polar surface area (TPSA) is 107 Å². The molecule has 2 aromatic rings. The van der Waals surface area contributed by atoms with Crippen LogP contribution < -0.4 is 16.6 Å². The van der Waals surface area contributed by atoms with Gasteiger partial charge in [-0.3, -0.25) is 24.3 Å². The van der Waals surface area contributed by atoms with Crippen LogP contribution in [-0.2, 0) is 15.1 Å². The lowest BCUT2D eigenvalue weighted by atomic mass is 9.90. The number of aryl methyl sites for hydroxylation is 1. The number of rotatable bonds is 1. The molecule has 1 atom stereocenters. The Morgan fingerprint density at radius 1 is 1.45 bits per heavy atom. The summed E-state index contributed by atoms with van der Waals surface area (Å²) in [6.07, 6.45) is -6.58. The van der Waals surface area contributed by atoms with Gasteiger partial charge in [0.2, 0.25) is 5.91 Å². The highest BCUT2D eigenvalue weighted by Gasteiger charge is 2.42. The van der Waals surface area contributed by atoms with E-state index in [1.165, 1.54) is 18.2 Å². The fourth-order valence-electron chi connectivity index (χ4n) is 2.32. The van der Waals surface area contributed by atoms with Crippen LogP contribution in [0.3, 0.4) is 0 Å². The lowest BCUT2D eigenvalue weighted by Crippen LogP contribution is -2.56. The Kier molecular flexibility index (Phi) is 1.71. The second-order valence-corrected chi connectivity index (χ2v) is 4.92. The van der Waals surface area contributed by atoms with Gasteiger partial charge >= 0.3 is 0 Å². The molecule has 3 rings (SSSR count). The maximum atomic E-state index is 13.3. The summed E-state index contributed by atoms with van der Waals surface area (Å²) in [6, 6.07) is 4.10. The highest BCUT2D eigenvalue weighted by molar-refractivity contribution is 6.01. The summed E-state index contributed by atoms with van der Waals surface area (Å²) in [5.74, 6) is -3.86. The van der Waals surface area contributed by atoms with Gasteiger partial charge in [0, 0.05) is 21.7 Å². The van der Waals surface area contributed by atoms with Crippen LogP contribution in [-0.4, -0.2) is 21.4 Å². The average molecular weight is 307 g/mol. The first-order valence-electron chi connectivity index (χ1n) is 9.76. The molecule has 1 fully saturated rings. The van der Waals surface area contributed by atoms with Gasteiger partial charge in [0.05, 0.1) is 10.9 Å². The molecule has 3 N–H and O–H groups in total. The fraction of sp³-hybridized carbons (Fsp3) is 0.333. The standard InChI is InChI=1S/C15H16N4O3/c1-8-17-10-5-3-4-9(16)12(10)13(21)19(8)15(2)7-6-11(20)18-14(15)22/h3-5H,6-7,16H2,1-2H3,(H,18,20,22)/t15-/m0/s1/i1D3,6D2,7D2. The fourth-order valence-corrected chi connectivity index (χ4v) is 2.32. The number of nitrogens with zero attached hydrogens (tertiary/aromatic N) is 2. The average Bonchev–Trinajstić information content (AvgIpc) is 2.58. The summed E-state index contributed by atoms with van der Waals surface area (Å²) in [5.41, 5.74) is 1.72. The van der Waals surface area contributed by atoms with Crippen LogP contribution in [0.25, 0.3) is 10.9 Å². The minimum atomic E-state index is -3.32. The molecule has 1 saturated heterocycles. The van der Waals surface area contributed by atoms with Crippen molar-refractivity contribution < 1.29 is 19.2 Å². The first-order valence-corrected chi connectivity index (χ1v) is 6.26. The maximum absolute atomic E-state index is 13.3. The third kappa shape index (κ3) is 1.89. The van der Waals surface area contributed by atoms with E-state index in [1.807, 2.05) is 0 Å². The number of aromatic nitrogens is 2. The first-order chi connectivity index (χ1) is 13.1. The van der Waals surface area contributed by atoms with E-state index < -0.39 is 48.3 Å². The van der Waals surface area contributed by atoms with E-state index in [-0.39, 0.29) is 21.2 Å². The lowest BCUT2D eigenvalue weighted by molar-refractivity contribution is -0.140. The van der Waals surface area contributed by atoms with E-state index in [2.05, 4.69) is 4.98 Å². The predicted octanol–water partition coefficient (Wildman–Crippen LogP) is 0.439. The molecule has 2 heterocycles. The van der Waals surface area contributed by atoms with Crippen LogP contribution in [0.2, 0.25) is 0 Å². The molecule has 0 radical (unpaired) electrons. The van der Waals surface area contributed by atoms with E-state index in [0.29, 0.717) is 0 Å². The summed E-state index contributed by atoms with van der Waals surface area (Å²) in [5, 5.41) is 1.43. The number of nitrogen functional groups attached to an aromatic ring is 1. The second kappa shape index (κ2) is 4.66. The van der Waals surface area contributed by atoms with E-state index in [0.717, 1.165) is 6.92 Å². The smallest absolute Gasteiger partial charge is 0.264 e. The number of fused-ring (bicyclic) bond motifs is 1. The van der Waals surface area contributed by atoms with Crippen molar-refractivity contribution in [2.75, 3.05) is 5.73 Å². The number of piperidine rings is 1. The highest BCUT2D eigenvalue weighted by atomic mass is 16.2. The van der Waals surface area contributed by atoms with Crippen LogP contribution in [0.4, 0.5) is 5.69 Å². The zero-order valence-corrected chi connectivity index (χ0v) is 11.4. The van der Waals surface area contributed by atoms with Gasteiger partial charge in [-0.2, -0.15) is 0 Å². The monoisotopic (exact) mass is 307 g/mol. The Labute approximate surface area is 136 Å². The van der Waals surface area contributed by atoms with E-state index >= 15 is 0 Å². The molecule has 2 amide bonds. The molecule has 0 unspecified atom stereocenters. The van der Waals surface area contributed by atoms with Gasteiger partial charge in [-0.15, -0.1) is 0 Å². The number of hydrogen-bond acceptors (Lipinski definition) is 5. The number of anilines is 1. The Hall–Kier alpha value is -2.70. The van der Waals surface area contributed by atoms with Gasteiger partial charge in [0.15, 0.2) is 0 Å².